The smallest absolute Gasteiger partial charge is 0.220 e. The van der Waals surface area contributed by atoms with Crippen LogP contribution >= 0.6 is 11.6 Å². The first-order chi connectivity index (χ1) is 11.5. The summed E-state index contributed by atoms with van der Waals surface area (Å²) in [6, 6.07) is 11.3. The van der Waals surface area contributed by atoms with Crippen LogP contribution in [0.25, 0.3) is 0 Å². The van der Waals surface area contributed by atoms with Gasteiger partial charge in [0, 0.05) is 5.56 Å². The molecule has 1 unspecified atom stereocenters. The van der Waals surface area contributed by atoms with E-state index in [0.29, 0.717) is 24.2 Å². The molecular weight excluding hydrogens is 330 g/mol. The molecule has 0 spiro atoms. The van der Waals surface area contributed by atoms with Crippen LogP contribution in [-0.4, -0.2) is 28.9 Å². The van der Waals surface area contributed by atoms with E-state index in [9.17, 15) is 10.2 Å². The highest BCUT2D eigenvalue weighted by Crippen LogP contribution is 2.34. The van der Waals surface area contributed by atoms with E-state index in [1.54, 1.807) is 13.0 Å². The number of hydrogen-bond donors (Lipinski definition) is 2. The fourth-order valence-corrected chi connectivity index (χ4v) is 2.66. The van der Waals surface area contributed by atoms with Crippen molar-refractivity contribution in [1.82, 2.24) is 4.98 Å². The molecule has 2 aromatic rings. The number of nitrogens with zero attached hydrogens (tertiary/aromatic N) is 1. The minimum atomic E-state index is -1.43. The van der Waals surface area contributed by atoms with Crippen molar-refractivity contribution in [1.29, 1.82) is 0 Å². The van der Waals surface area contributed by atoms with Crippen molar-refractivity contribution in [3.05, 3.63) is 58.2 Å². The monoisotopic (exact) mass is 351 g/mol. The molecule has 1 atom stereocenters. The first-order valence-corrected chi connectivity index (χ1v) is 8.10. The topological polar surface area (TPSA) is 71.8 Å². The fourth-order valence-electron chi connectivity index (χ4n) is 2.47. The third-order valence-corrected chi connectivity index (χ3v) is 4.15. The molecule has 1 aromatic carbocycles. The predicted molar refractivity (Wildman–Crippen MR) is 92.0 cm³/mol. The number of methoxy groups -OCH3 is 1. The second-order valence-electron chi connectivity index (χ2n) is 5.50. The van der Waals surface area contributed by atoms with E-state index in [1.807, 2.05) is 30.3 Å². The molecule has 2 rings (SSSR count). The number of ether oxygens (including phenoxy) is 2. The predicted octanol–water partition coefficient (Wildman–Crippen LogP) is 3.05. The van der Waals surface area contributed by atoms with E-state index in [-0.39, 0.29) is 17.6 Å². The minimum absolute atomic E-state index is 0.180. The molecule has 1 heterocycles. The fraction of sp³-hybridized carbons (Fsp3) is 0.389. The van der Waals surface area contributed by atoms with Gasteiger partial charge in [0.15, 0.2) is 0 Å². The lowest BCUT2D eigenvalue weighted by molar-refractivity contribution is -0.0248. The largest absolute Gasteiger partial charge is 0.481 e. The van der Waals surface area contributed by atoms with E-state index in [2.05, 4.69) is 4.98 Å². The summed E-state index contributed by atoms with van der Waals surface area (Å²) in [7, 11) is 1.48. The summed E-state index contributed by atoms with van der Waals surface area (Å²) in [6.07, 6.45) is 0.318. The van der Waals surface area contributed by atoms with Crippen LogP contribution in [0.3, 0.4) is 0 Å². The highest BCUT2D eigenvalue weighted by molar-refractivity contribution is 6.29. The molecule has 2 N–H and O–H groups in total. The van der Waals surface area contributed by atoms with Crippen LogP contribution in [0.15, 0.2) is 36.4 Å². The zero-order valence-electron chi connectivity index (χ0n) is 13.8. The van der Waals surface area contributed by atoms with Gasteiger partial charge in [-0.1, -0.05) is 48.9 Å². The molecule has 0 saturated heterocycles. The summed E-state index contributed by atoms with van der Waals surface area (Å²) in [5.41, 5.74) is 0.659. The maximum absolute atomic E-state index is 10.7. The quantitative estimate of drug-likeness (QED) is 0.715. The van der Waals surface area contributed by atoms with E-state index >= 15 is 0 Å². The van der Waals surface area contributed by atoms with Crippen LogP contribution in [0.5, 0.6) is 5.88 Å². The normalized spacial score (nSPS) is 13.5. The van der Waals surface area contributed by atoms with Crippen LogP contribution in [0.4, 0.5) is 0 Å². The van der Waals surface area contributed by atoms with Crippen LogP contribution in [-0.2, 0) is 23.6 Å². The number of benzene rings is 1. The minimum Gasteiger partial charge on any atom is -0.481 e. The zero-order valence-corrected chi connectivity index (χ0v) is 14.6. The summed E-state index contributed by atoms with van der Waals surface area (Å²) in [5, 5.41) is 20.5. The maximum Gasteiger partial charge on any atom is 0.220 e. The number of hydrogen-bond acceptors (Lipinski definition) is 5. The lowest BCUT2D eigenvalue weighted by Crippen LogP contribution is -2.31. The Balaban J connectivity index is 2.29. The summed E-state index contributed by atoms with van der Waals surface area (Å²) in [5.74, 6) is 0.283. The Morgan fingerprint density at radius 1 is 1.21 bits per heavy atom. The van der Waals surface area contributed by atoms with Crippen molar-refractivity contribution in [3.8, 4) is 5.88 Å². The van der Waals surface area contributed by atoms with Crippen molar-refractivity contribution < 1.29 is 19.7 Å². The molecule has 24 heavy (non-hydrogen) atoms. The van der Waals surface area contributed by atoms with Gasteiger partial charge in [-0.3, -0.25) is 0 Å². The summed E-state index contributed by atoms with van der Waals surface area (Å²) >= 11 is 6.03. The third-order valence-electron chi connectivity index (χ3n) is 3.95. The number of pyridine rings is 1. The highest BCUT2D eigenvalue weighted by Gasteiger charge is 2.31. The van der Waals surface area contributed by atoms with Gasteiger partial charge < -0.3 is 19.7 Å². The molecule has 1 aromatic heterocycles. The maximum atomic E-state index is 10.7. The van der Waals surface area contributed by atoms with Gasteiger partial charge in [-0.15, -0.1) is 0 Å². The van der Waals surface area contributed by atoms with Crippen LogP contribution < -0.4 is 4.74 Å². The lowest BCUT2D eigenvalue weighted by Gasteiger charge is -2.28. The van der Waals surface area contributed by atoms with Gasteiger partial charge in [-0.2, -0.15) is 0 Å². The van der Waals surface area contributed by atoms with E-state index in [1.165, 1.54) is 7.11 Å². The molecule has 0 saturated carbocycles. The average Bonchev–Trinajstić information content (AvgIpc) is 2.62. The van der Waals surface area contributed by atoms with Crippen molar-refractivity contribution in [2.75, 3.05) is 13.7 Å². The lowest BCUT2D eigenvalue weighted by atomic mass is 9.89. The number of halogens is 1. The number of aromatic nitrogens is 1. The zero-order chi connectivity index (χ0) is 17.6. The van der Waals surface area contributed by atoms with Crippen molar-refractivity contribution in [3.63, 3.8) is 0 Å². The molecule has 0 radical (unpaired) electrons. The van der Waals surface area contributed by atoms with Gasteiger partial charge in [0.2, 0.25) is 5.88 Å². The van der Waals surface area contributed by atoms with Crippen molar-refractivity contribution in [2.24, 2.45) is 0 Å². The van der Waals surface area contributed by atoms with Crippen LogP contribution in [0.1, 0.15) is 30.0 Å². The molecule has 6 heteroatoms. The molecule has 0 aliphatic carbocycles. The van der Waals surface area contributed by atoms with Crippen LogP contribution in [0.2, 0.25) is 5.15 Å². The second kappa shape index (κ2) is 8.44. The van der Waals surface area contributed by atoms with Crippen molar-refractivity contribution in [2.45, 2.75) is 32.2 Å². The highest BCUT2D eigenvalue weighted by atomic mass is 35.5. The Morgan fingerprint density at radius 3 is 2.50 bits per heavy atom. The number of rotatable bonds is 8. The molecule has 130 valence electrons. The number of aliphatic hydroxyl groups is 2. The molecule has 0 aliphatic heterocycles. The van der Waals surface area contributed by atoms with Gasteiger partial charge in [-0.25, -0.2) is 4.98 Å². The summed E-state index contributed by atoms with van der Waals surface area (Å²) in [6.45, 7) is 1.94. The summed E-state index contributed by atoms with van der Waals surface area (Å²) < 4.78 is 11.0. The first kappa shape index (κ1) is 18.7. The SMILES string of the molecule is CCC(O)(CO)c1cc(Cl)nc(OC)c1COCc1ccccc1. The molecule has 5 nitrogen and oxygen atoms in total. The molecule has 0 fully saturated rings. The van der Waals surface area contributed by atoms with Gasteiger partial charge in [0.25, 0.3) is 0 Å². The number of aliphatic hydroxyl groups excluding tert-OH is 1. The van der Waals surface area contributed by atoms with E-state index < -0.39 is 12.2 Å². The summed E-state index contributed by atoms with van der Waals surface area (Å²) in [4.78, 5) is 4.13. The Hall–Kier alpha value is -1.66. The Kier molecular flexibility index (Phi) is 6.57. The van der Waals surface area contributed by atoms with Crippen molar-refractivity contribution >= 4 is 11.6 Å². The Labute approximate surface area is 146 Å². The van der Waals surface area contributed by atoms with Gasteiger partial charge in [0.05, 0.1) is 26.9 Å². The molecular formula is C18H22ClNO4. The van der Waals surface area contributed by atoms with Gasteiger partial charge in [0.1, 0.15) is 10.8 Å². The Morgan fingerprint density at radius 2 is 1.92 bits per heavy atom. The Bertz CT molecular complexity index is 660. The third kappa shape index (κ3) is 4.24. The molecule has 0 amide bonds. The average molecular weight is 352 g/mol. The van der Waals surface area contributed by atoms with Gasteiger partial charge >= 0.3 is 0 Å². The van der Waals surface area contributed by atoms with Crippen LogP contribution in [0, 0.1) is 0 Å². The standard InChI is InChI=1S/C18H22ClNO4/c1-3-18(22,12-21)15-9-16(19)20-17(23-2)14(15)11-24-10-13-7-5-4-6-8-13/h4-9,21-22H,3,10-12H2,1-2H3. The molecule has 0 bridgehead atoms. The van der Waals surface area contributed by atoms with E-state index in [4.69, 9.17) is 21.1 Å². The second-order valence-corrected chi connectivity index (χ2v) is 5.89. The van der Waals surface area contributed by atoms with Gasteiger partial charge in [-0.05, 0) is 23.6 Å². The first-order valence-electron chi connectivity index (χ1n) is 7.73. The van der Waals surface area contributed by atoms with E-state index in [0.717, 1.165) is 5.56 Å². The molecule has 0 aliphatic rings.